The predicted molar refractivity (Wildman–Crippen MR) is 125 cm³/mol. The molecule has 4 rings (SSSR count). The van der Waals surface area contributed by atoms with Crippen molar-refractivity contribution in [3.8, 4) is 5.75 Å². The number of ether oxygens (including phenoxy) is 1. The van der Waals surface area contributed by atoms with Gasteiger partial charge in [-0.2, -0.15) is 0 Å². The fourth-order valence-corrected chi connectivity index (χ4v) is 5.57. The quantitative estimate of drug-likeness (QED) is 0.450. The Balaban J connectivity index is 1.27. The number of hydrogen-bond donors (Lipinski definition) is 0. The SMILES string of the molecule is CC1CCCN1CCCOc1ccc(N2C(=S)CCC2CN2CCCCC2)cc1. The van der Waals surface area contributed by atoms with Crippen molar-refractivity contribution in [3.63, 3.8) is 0 Å². The topological polar surface area (TPSA) is 19.0 Å². The molecule has 1 aromatic rings. The first-order valence-corrected chi connectivity index (χ1v) is 12.1. The van der Waals surface area contributed by atoms with Crippen molar-refractivity contribution in [2.24, 2.45) is 0 Å². The number of thiocarbonyl (C=S) groups is 1. The standard InChI is InChI=1S/C24H37N3OS/c1-20-7-5-16-26(20)17-6-18-28-23-11-8-21(9-12-23)27-22(10-13-24(27)29)19-25-14-3-2-4-15-25/h8-9,11-12,20,22H,2-7,10,13-19H2,1H3. The number of nitrogens with zero attached hydrogens (tertiary/aromatic N) is 3. The zero-order valence-corrected chi connectivity index (χ0v) is 18.8. The van der Waals surface area contributed by atoms with Gasteiger partial charge in [0.25, 0.3) is 0 Å². The number of likely N-dealkylation sites (tertiary alicyclic amines) is 2. The Morgan fingerprint density at radius 1 is 1.00 bits per heavy atom. The summed E-state index contributed by atoms with van der Waals surface area (Å²) in [7, 11) is 0. The summed E-state index contributed by atoms with van der Waals surface area (Å²) in [6.07, 6.45) is 10.1. The van der Waals surface area contributed by atoms with E-state index in [-0.39, 0.29) is 0 Å². The zero-order valence-electron chi connectivity index (χ0n) is 18.0. The van der Waals surface area contributed by atoms with Crippen LogP contribution >= 0.6 is 12.2 Å². The van der Waals surface area contributed by atoms with Crippen LogP contribution in [0, 0.1) is 0 Å². The lowest BCUT2D eigenvalue weighted by molar-refractivity contribution is 0.217. The van der Waals surface area contributed by atoms with Gasteiger partial charge in [-0.3, -0.25) is 0 Å². The first kappa shape index (κ1) is 21.1. The van der Waals surface area contributed by atoms with Crippen LogP contribution in [0.15, 0.2) is 24.3 Å². The fraction of sp³-hybridized carbons (Fsp3) is 0.708. The highest BCUT2D eigenvalue weighted by Gasteiger charge is 2.31. The lowest BCUT2D eigenvalue weighted by Gasteiger charge is -2.33. The van der Waals surface area contributed by atoms with Crippen molar-refractivity contribution < 1.29 is 4.74 Å². The van der Waals surface area contributed by atoms with Gasteiger partial charge in [-0.25, -0.2) is 0 Å². The van der Waals surface area contributed by atoms with Crippen molar-refractivity contribution in [1.82, 2.24) is 9.80 Å². The summed E-state index contributed by atoms with van der Waals surface area (Å²) in [5.74, 6) is 0.973. The molecule has 5 heteroatoms. The molecule has 3 fully saturated rings. The Kier molecular flexibility index (Phi) is 7.44. The Morgan fingerprint density at radius 2 is 1.79 bits per heavy atom. The Hall–Kier alpha value is -1.17. The molecule has 3 aliphatic heterocycles. The van der Waals surface area contributed by atoms with E-state index in [4.69, 9.17) is 17.0 Å². The molecule has 1 aromatic carbocycles. The van der Waals surface area contributed by atoms with Crippen molar-refractivity contribution in [1.29, 1.82) is 0 Å². The normalized spacial score (nSPS) is 26.4. The third kappa shape index (κ3) is 5.50. The van der Waals surface area contributed by atoms with Gasteiger partial charge in [-0.1, -0.05) is 18.6 Å². The van der Waals surface area contributed by atoms with Crippen LogP contribution in [0.1, 0.15) is 58.3 Å². The summed E-state index contributed by atoms with van der Waals surface area (Å²) in [6, 6.07) is 9.89. The van der Waals surface area contributed by atoms with Crippen LogP contribution in [0.5, 0.6) is 5.75 Å². The first-order valence-electron chi connectivity index (χ1n) is 11.7. The van der Waals surface area contributed by atoms with Gasteiger partial charge >= 0.3 is 0 Å². The van der Waals surface area contributed by atoms with Crippen LogP contribution in [0.3, 0.4) is 0 Å². The lowest BCUT2D eigenvalue weighted by atomic mass is 10.1. The number of hydrogen-bond acceptors (Lipinski definition) is 4. The van der Waals surface area contributed by atoms with E-state index in [9.17, 15) is 0 Å². The van der Waals surface area contributed by atoms with Crippen molar-refractivity contribution in [3.05, 3.63) is 24.3 Å². The van der Waals surface area contributed by atoms with E-state index in [2.05, 4.69) is 45.9 Å². The minimum absolute atomic E-state index is 0.523. The van der Waals surface area contributed by atoms with Gasteiger partial charge in [-0.05, 0) is 89.3 Å². The van der Waals surface area contributed by atoms with Gasteiger partial charge in [0.15, 0.2) is 0 Å². The Bertz CT molecular complexity index is 659. The minimum Gasteiger partial charge on any atom is -0.494 e. The summed E-state index contributed by atoms with van der Waals surface area (Å²) in [6.45, 7) is 9.19. The summed E-state index contributed by atoms with van der Waals surface area (Å²) < 4.78 is 6.01. The second-order valence-electron chi connectivity index (χ2n) is 9.04. The summed E-state index contributed by atoms with van der Waals surface area (Å²) in [5, 5.41) is 0. The predicted octanol–water partition coefficient (Wildman–Crippen LogP) is 4.72. The van der Waals surface area contributed by atoms with Gasteiger partial charge in [0.05, 0.1) is 11.6 Å². The highest BCUT2D eigenvalue weighted by atomic mass is 32.1. The van der Waals surface area contributed by atoms with Gasteiger partial charge in [0.2, 0.25) is 0 Å². The van der Waals surface area contributed by atoms with Crippen LogP contribution in [0.4, 0.5) is 5.69 Å². The molecule has 2 atom stereocenters. The molecular weight excluding hydrogens is 378 g/mol. The molecule has 0 amide bonds. The van der Waals surface area contributed by atoms with Gasteiger partial charge < -0.3 is 19.4 Å². The van der Waals surface area contributed by atoms with Crippen LogP contribution in [0.2, 0.25) is 0 Å². The van der Waals surface area contributed by atoms with Crippen LogP contribution in [-0.4, -0.2) is 66.2 Å². The van der Waals surface area contributed by atoms with E-state index >= 15 is 0 Å². The average molecular weight is 416 g/mol. The van der Waals surface area contributed by atoms with Crippen LogP contribution < -0.4 is 9.64 Å². The average Bonchev–Trinajstić information content (AvgIpc) is 3.32. The van der Waals surface area contributed by atoms with Crippen molar-refractivity contribution in [2.75, 3.05) is 44.2 Å². The number of benzene rings is 1. The molecular formula is C24H37N3OS. The third-order valence-corrected chi connectivity index (χ3v) is 7.31. The van der Waals surface area contributed by atoms with E-state index in [0.717, 1.165) is 49.3 Å². The maximum Gasteiger partial charge on any atom is 0.119 e. The molecule has 3 aliphatic rings. The van der Waals surface area contributed by atoms with Crippen molar-refractivity contribution >= 4 is 22.9 Å². The summed E-state index contributed by atoms with van der Waals surface area (Å²) >= 11 is 5.72. The van der Waals surface area contributed by atoms with Gasteiger partial charge in [0.1, 0.15) is 5.75 Å². The lowest BCUT2D eigenvalue weighted by Crippen LogP contribution is -2.43. The van der Waals surface area contributed by atoms with Crippen molar-refractivity contribution in [2.45, 2.75) is 70.4 Å². The zero-order chi connectivity index (χ0) is 20.1. The maximum atomic E-state index is 6.01. The molecule has 0 N–H and O–H groups in total. The molecule has 3 saturated heterocycles. The second-order valence-corrected chi connectivity index (χ2v) is 9.51. The smallest absolute Gasteiger partial charge is 0.119 e. The second kappa shape index (κ2) is 10.2. The molecule has 3 heterocycles. The summed E-state index contributed by atoms with van der Waals surface area (Å²) in [5.41, 5.74) is 1.23. The molecule has 0 saturated carbocycles. The third-order valence-electron chi connectivity index (χ3n) is 6.91. The number of piperidine rings is 1. The molecule has 4 nitrogen and oxygen atoms in total. The van der Waals surface area contributed by atoms with Crippen LogP contribution in [0.25, 0.3) is 0 Å². The monoisotopic (exact) mass is 415 g/mol. The first-order chi connectivity index (χ1) is 14.2. The number of anilines is 1. The molecule has 0 radical (unpaired) electrons. The van der Waals surface area contributed by atoms with E-state index in [1.165, 1.54) is 63.8 Å². The molecule has 0 spiro atoms. The van der Waals surface area contributed by atoms with E-state index < -0.39 is 0 Å². The Labute approximate surface area is 182 Å². The molecule has 29 heavy (non-hydrogen) atoms. The van der Waals surface area contributed by atoms with E-state index in [1.807, 2.05) is 0 Å². The van der Waals surface area contributed by atoms with E-state index in [1.54, 1.807) is 0 Å². The maximum absolute atomic E-state index is 6.01. The largest absolute Gasteiger partial charge is 0.494 e. The van der Waals surface area contributed by atoms with E-state index in [0.29, 0.717) is 6.04 Å². The molecule has 160 valence electrons. The molecule has 0 aliphatic carbocycles. The van der Waals surface area contributed by atoms with Gasteiger partial charge in [-0.15, -0.1) is 0 Å². The van der Waals surface area contributed by atoms with Gasteiger partial charge in [0, 0.05) is 37.3 Å². The van der Waals surface area contributed by atoms with Crippen LogP contribution in [-0.2, 0) is 0 Å². The highest BCUT2D eigenvalue weighted by molar-refractivity contribution is 7.80. The molecule has 0 bridgehead atoms. The fourth-order valence-electron chi connectivity index (χ4n) is 5.20. The number of rotatable bonds is 8. The Morgan fingerprint density at radius 3 is 2.52 bits per heavy atom. The molecule has 2 unspecified atom stereocenters. The summed E-state index contributed by atoms with van der Waals surface area (Å²) in [4.78, 5) is 8.72. The highest BCUT2D eigenvalue weighted by Crippen LogP contribution is 2.30. The molecule has 0 aromatic heterocycles. The minimum atomic E-state index is 0.523.